The van der Waals surface area contributed by atoms with E-state index in [1.807, 2.05) is 19.2 Å². The van der Waals surface area contributed by atoms with Gasteiger partial charge in [-0.2, -0.15) is 0 Å². The lowest BCUT2D eigenvalue weighted by molar-refractivity contribution is -0.119. The third-order valence-corrected chi connectivity index (χ3v) is 3.14. The van der Waals surface area contributed by atoms with Gasteiger partial charge in [0.25, 0.3) is 0 Å². The Morgan fingerprint density at radius 3 is 2.92 bits per heavy atom. The molecule has 0 N–H and O–H groups in total. The summed E-state index contributed by atoms with van der Waals surface area (Å²) in [6.45, 7) is 0. The normalized spacial score (nSPS) is 29.6. The molecule has 1 aromatic carbocycles. The van der Waals surface area contributed by atoms with E-state index < -0.39 is 0 Å². The summed E-state index contributed by atoms with van der Waals surface area (Å²) in [5, 5.41) is 0. The van der Waals surface area contributed by atoms with E-state index in [0.29, 0.717) is 17.7 Å². The Bertz CT molecular complexity index is 385. The number of para-hydroxylation sites is 1. The molecule has 2 nitrogen and oxygen atoms in total. The minimum atomic E-state index is 0.292. The summed E-state index contributed by atoms with van der Waals surface area (Å²) in [7, 11) is 1.87. The lowest BCUT2D eigenvalue weighted by Gasteiger charge is -2.24. The number of benzene rings is 1. The highest BCUT2D eigenvalue weighted by atomic mass is 16.2. The number of hydrogen-bond acceptors (Lipinski definition) is 1. The molecule has 1 aromatic rings. The molecule has 13 heavy (non-hydrogen) atoms. The van der Waals surface area contributed by atoms with Crippen LogP contribution in [-0.2, 0) is 4.79 Å². The molecule has 0 bridgehead atoms. The van der Waals surface area contributed by atoms with Crippen LogP contribution in [0.3, 0.4) is 0 Å². The predicted molar refractivity (Wildman–Crippen MR) is 50.7 cm³/mol. The lowest BCUT2D eigenvalue weighted by Crippen LogP contribution is -2.31. The van der Waals surface area contributed by atoms with Crippen LogP contribution in [0, 0.1) is 5.92 Å². The van der Waals surface area contributed by atoms with E-state index in [4.69, 9.17) is 0 Å². The topological polar surface area (TPSA) is 20.3 Å². The van der Waals surface area contributed by atoms with Crippen molar-refractivity contribution in [3.8, 4) is 0 Å². The second-order valence-corrected chi connectivity index (χ2v) is 3.90. The number of rotatable bonds is 0. The fourth-order valence-electron chi connectivity index (χ4n) is 2.29. The van der Waals surface area contributed by atoms with Crippen molar-refractivity contribution in [1.82, 2.24) is 0 Å². The highest BCUT2D eigenvalue weighted by Crippen LogP contribution is 2.54. The SMILES string of the molecule is CN1C(=O)[C@@H]2CC2c2ccccc21. The van der Waals surface area contributed by atoms with Gasteiger partial charge >= 0.3 is 0 Å². The van der Waals surface area contributed by atoms with Crippen molar-refractivity contribution in [2.24, 2.45) is 5.92 Å². The van der Waals surface area contributed by atoms with Crippen molar-refractivity contribution in [2.45, 2.75) is 12.3 Å². The Kier molecular flexibility index (Phi) is 1.17. The maximum atomic E-state index is 11.7. The zero-order valence-electron chi connectivity index (χ0n) is 7.53. The summed E-state index contributed by atoms with van der Waals surface area (Å²) in [6, 6.07) is 8.22. The van der Waals surface area contributed by atoms with Gasteiger partial charge in [0.1, 0.15) is 0 Å². The van der Waals surface area contributed by atoms with Crippen LogP contribution in [0.15, 0.2) is 24.3 Å². The van der Waals surface area contributed by atoms with Crippen molar-refractivity contribution >= 4 is 11.6 Å². The number of nitrogens with zero attached hydrogens (tertiary/aromatic N) is 1. The van der Waals surface area contributed by atoms with Crippen molar-refractivity contribution in [3.05, 3.63) is 29.8 Å². The molecule has 0 aromatic heterocycles. The van der Waals surface area contributed by atoms with Gasteiger partial charge in [-0.25, -0.2) is 0 Å². The Hall–Kier alpha value is -1.31. The first-order chi connectivity index (χ1) is 6.29. The highest BCUT2D eigenvalue weighted by molar-refractivity contribution is 6.00. The first-order valence-corrected chi connectivity index (χ1v) is 4.65. The minimum Gasteiger partial charge on any atom is -0.315 e. The number of anilines is 1. The van der Waals surface area contributed by atoms with E-state index in [-0.39, 0.29) is 0 Å². The molecule has 1 aliphatic carbocycles. The number of amides is 1. The average molecular weight is 173 g/mol. The van der Waals surface area contributed by atoms with Crippen LogP contribution in [0.4, 0.5) is 5.69 Å². The molecule has 1 fully saturated rings. The van der Waals surface area contributed by atoms with Crippen molar-refractivity contribution in [2.75, 3.05) is 11.9 Å². The Morgan fingerprint density at radius 2 is 2.08 bits per heavy atom. The van der Waals surface area contributed by atoms with Gasteiger partial charge in [0.15, 0.2) is 0 Å². The second-order valence-electron chi connectivity index (χ2n) is 3.90. The summed E-state index contributed by atoms with van der Waals surface area (Å²) >= 11 is 0. The number of hydrogen-bond donors (Lipinski definition) is 0. The first-order valence-electron chi connectivity index (χ1n) is 4.65. The van der Waals surface area contributed by atoms with Crippen LogP contribution in [0.2, 0.25) is 0 Å². The zero-order valence-corrected chi connectivity index (χ0v) is 7.53. The van der Waals surface area contributed by atoms with Crippen molar-refractivity contribution in [3.63, 3.8) is 0 Å². The van der Waals surface area contributed by atoms with Gasteiger partial charge in [-0.15, -0.1) is 0 Å². The molecule has 1 aliphatic heterocycles. The summed E-state index contributed by atoms with van der Waals surface area (Å²) in [6.07, 6.45) is 1.06. The molecule has 1 saturated carbocycles. The summed E-state index contributed by atoms with van der Waals surface area (Å²) < 4.78 is 0. The van der Waals surface area contributed by atoms with Gasteiger partial charge in [0.2, 0.25) is 5.91 Å². The van der Waals surface area contributed by atoms with E-state index in [1.165, 1.54) is 5.56 Å². The lowest BCUT2D eigenvalue weighted by atomic mass is 10.0. The molecule has 0 spiro atoms. The molecule has 2 heteroatoms. The van der Waals surface area contributed by atoms with Gasteiger partial charge in [-0.1, -0.05) is 18.2 Å². The van der Waals surface area contributed by atoms with Crippen LogP contribution < -0.4 is 4.90 Å². The van der Waals surface area contributed by atoms with Gasteiger partial charge in [0, 0.05) is 18.7 Å². The smallest absolute Gasteiger partial charge is 0.230 e. The quantitative estimate of drug-likeness (QED) is 0.585. The molecule has 0 radical (unpaired) electrons. The van der Waals surface area contributed by atoms with E-state index in [2.05, 4.69) is 12.1 Å². The minimum absolute atomic E-state index is 0.292. The Balaban J connectivity index is 2.19. The molecule has 2 atom stereocenters. The van der Waals surface area contributed by atoms with Crippen LogP contribution in [0.5, 0.6) is 0 Å². The fraction of sp³-hybridized carbons (Fsp3) is 0.364. The molecule has 1 amide bonds. The summed E-state index contributed by atoms with van der Waals surface area (Å²) in [5.41, 5.74) is 2.46. The van der Waals surface area contributed by atoms with E-state index >= 15 is 0 Å². The van der Waals surface area contributed by atoms with Gasteiger partial charge < -0.3 is 4.90 Å². The third-order valence-electron chi connectivity index (χ3n) is 3.14. The molecule has 1 unspecified atom stereocenters. The Morgan fingerprint density at radius 1 is 1.31 bits per heavy atom. The Labute approximate surface area is 77.2 Å². The van der Waals surface area contributed by atoms with Gasteiger partial charge in [0.05, 0.1) is 0 Å². The molecular weight excluding hydrogens is 162 g/mol. The maximum Gasteiger partial charge on any atom is 0.230 e. The summed E-state index contributed by atoms with van der Waals surface area (Å²) in [4.78, 5) is 13.5. The zero-order chi connectivity index (χ0) is 9.00. The molecule has 66 valence electrons. The average Bonchev–Trinajstić information content (AvgIpc) is 2.94. The first kappa shape index (κ1) is 7.13. The molecule has 1 heterocycles. The number of fused-ring (bicyclic) bond motifs is 3. The molecule has 0 saturated heterocycles. The number of carbonyl (C=O) groups is 1. The molecule has 3 rings (SSSR count). The standard InChI is InChI=1S/C11H11NO/c1-12-10-5-3-2-4-7(10)8-6-9(8)11(12)13/h2-5,8-9H,6H2,1H3/t8?,9-/m1/s1. The van der Waals surface area contributed by atoms with Crippen LogP contribution in [-0.4, -0.2) is 13.0 Å². The van der Waals surface area contributed by atoms with Gasteiger partial charge in [-0.05, 0) is 24.0 Å². The summed E-state index contributed by atoms with van der Waals surface area (Å²) in [5.74, 6) is 1.11. The van der Waals surface area contributed by atoms with Crippen molar-refractivity contribution in [1.29, 1.82) is 0 Å². The van der Waals surface area contributed by atoms with Crippen LogP contribution in [0.1, 0.15) is 17.9 Å². The largest absolute Gasteiger partial charge is 0.315 e. The van der Waals surface area contributed by atoms with Crippen LogP contribution in [0.25, 0.3) is 0 Å². The number of carbonyl (C=O) groups excluding carboxylic acids is 1. The highest BCUT2D eigenvalue weighted by Gasteiger charge is 2.50. The predicted octanol–water partition coefficient (Wildman–Crippen LogP) is 1.77. The monoisotopic (exact) mass is 173 g/mol. The van der Waals surface area contributed by atoms with Gasteiger partial charge in [-0.3, -0.25) is 4.79 Å². The van der Waals surface area contributed by atoms with E-state index in [9.17, 15) is 4.79 Å². The molecular formula is C11H11NO. The second kappa shape index (κ2) is 2.13. The molecule has 2 aliphatic rings. The maximum absolute atomic E-state index is 11.7. The third kappa shape index (κ3) is 0.804. The van der Waals surface area contributed by atoms with Crippen molar-refractivity contribution < 1.29 is 4.79 Å². The van der Waals surface area contributed by atoms with Crippen LogP contribution >= 0.6 is 0 Å². The van der Waals surface area contributed by atoms with E-state index in [0.717, 1.165) is 12.1 Å². The van der Waals surface area contributed by atoms with E-state index in [1.54, 1.807) is 4.90 Å². The fourth-order valence-corrected chi connectivity index (χ4v) is 2.29.